The van der Waals surface area contributed by atoms with Crippen molar-refractivity contribution < 1.29 is 4.79 Å². The van der Waals surface area contributed by atoms with Crippen molar-refractivity contribution in [1.82, 2.24) is 10.2 Å². The van der Waals surface area contributed by atoms with Gasteiger partial charge in [0.2, 0.25) is 0 Å². The Labute approximate surface area is 100 Å². The van der Waals surface area contributed by atoms with Gasteiger partial charge in [-0.1, -0.05) is 13.0 Å². The zero-order valence-corrected chi connectivity index (χ0v) is 10.4. The number of likely N-dealkylation sites (N-methyl/N-ethyl adjacent to an activating group) is 1. The first kappa shape index (κ1) is 11.6. The zero-order valence-electron chi connectivity index (χ0n) is 9.61. The summed E-state index contributed by atoms with van der Waals surface area (Å²) < 4.78 is 0. The average Bonchev–Trinajstić information content (AvgIpc) is 2.82. The van der Waals surface area contributed by atoms with Crippen LogP contribution < -0.4 is 5.32 Å². The van der Waals surface area contributed by atoms with Crippen LogP contribution in [0.3, 0.4) is 0 Å². The molecular weight excluding hydrogens is 220 g/mol. The van der Waals surface area contributed by atoms with E-state index in [9.17, 15) is 4.79 Å². The van der Waals surface area contributed by atoms with E-state index >= 15 is 0 Å². The van der Waals surface area contributed by atoms with Gasteiger partial charge in [0.15, 0.2) is 0 Å². The topological polar surface area (TPSA) is 32.3 Å². The third-order valence-electron chi connectivity index (χ3n) is 2.93. The van der Waals surface area contributed by atoms with Gasteiger partial charge in [-0.3, -0.25) is 4.79 Å². The standard InChI is InChI=1S/C12H18N2OS/c1-2-13-10-5-3-7-14(9-10)12(15)11-6-4-8-16-11/h4,6,8,10,13H,2-3,5,7,9H2,1H3. The number of nitrogens with zero attached hydrogens (tertiary/aromatic N) is 1. The minimum absolute atomic E-state index is 0.192. The molecule has 1 saturated heterocycles. The maximum Gasteiger partial charge on any atom is 0.263 e. The molecule has 0 saturated carbocycles. The molecule has 4 heteroatoms. The highest BCUT2D eigenvalue weighted by Crippen LogP contribution is 2.16. The maximum absolute atomic E-state index is 12.1. The molecule has 0 aliphatic carbocycles. The average molecular weight is 238 g/mol. The fourth-order valence-electron chi connectivity index (χ4n) is 2.17. The molecule has 16 heavy (non-hydrogen) atoms. The molecule has 0 spiro atoms. The molecule has 88 valence electrons. The van der Waals surface area contributed by atoms with Crippen molar-refractivity contribution in [3.05, 3.63) is 22.4 Å². The summed E-state index contributed by atoms with van der Waals surface area (Å²) >= 11 is 1.53. The number of nitrogens with one attached hydrogen (secondary N) is 1. The van der Waals surface area contributed by atoms with Crippen molar-refractivity contribution in [3.8, 4) is 0 Å². The van der Waals surface area contributed by atoms with Gasteiger partial charge in [-0.15, -0.1) is 11.3 Å². The fourth-order valence-corrected chi connectivity index (χ4v) is 2.86. The van der Waals surface area contributed by atoms with Gasteiger partial charge in [-0.2, -0.15) is 0 Å². The first-order valence-corrected chi connectivity index (χ1v) is 6.75. The van der Waals surface area contributed by atoms with Crippen LogP contribution >= 0.6 is 11.3 Å². The van der Waals surface area contributed by atoms with Crippen LogP contribution in [-0.4, -0.2) is 36.5 Å². The highest BCUT2D eigenvalue weighted by molar-refractivity contribution is 7.12. The number of carbonyl (C=O) groups is 1. The summed E-state index contributed by atoms with van der Waals surface area (Å²) in [5, 5.41) is 5.38. The van der Waals surface area contributed by atoms with Gasteiger partial charge in [-0.05, 0) is 30.8 Å². The van der Waals surface area contributed by atoms with E-state index in [1.807, 2.05) is 22.4 Å². The van der Waals surface area contributed by atoms with E-state index in [1.54, 1.807) is 0 Å². The lowest BCUT2D eigenvalue weighted by atomic mass is 10.1. The monoisotopic (exact) mass is 238 g/mol. The van der Waals surface area contributed by atoms with Crippen LogP contribution in [0, 0.1) is 0 Å². The van der Waals surface area contributed by atoms with Gasteiger partial charge in [0.1, 0.15) is 0 Å². The molecule has 1 atom stereocenters. The quantitative estimate of drug-likeness (QED) is 0.873. The molecule has 2 heterocycles. The summed E-state index contributed by atoms with van der Waals surface area (Å²) in [7, 11) is 0. The number of hydrogen-bond acceptors (Lipinski definition) is 3. The predicted octanol–water partition coefficient (Wildman–Crippen LogP) is 1.96. The van der Waals surface area contributed by atoms with Gasteiger partial charge >= 0.3 is 0 Å². The Morgan fingerprint density at radius 1 is 1.69 bits per heavy atom. The normalized spacial score (nSPS) is 21.1. The van der Waals surface area contributed by atoms with Crippen LogP contribution in [0.4, 0.5) is 0 Å². The van der Waals surface area contributed by atoms with Crippen LogP contribution in [0.25, 0.3) is 0 Å². The number of likely N-dealkylation sites (tertiary alicyclic amines) is 1. The second-order valence-electron chi connectivity index (χ2n) is 4.13. The van der Waals surface area contributed by atoms with Crippen molar-refractivity contribution >= 4 is 17.2 Å². The van der Waals surface area contributed by atoms with Gasteiger partial charge < -0.3 is 10.2 Å². The molecule has 3 nitrogen and oxygen atoms in total. The molecule has 1 amide bonds. The molecule has 1 N–H and O–H groups in total. The van der Waals surface area contributed by atoms with E-state index < -0.39 is 0 Å². The number of carbonyl (C=O) groups excluding carboxylic acids is 1. The van der Waals surface area contributed by atoms with Crippen molar-refractivity contribution in [2.75, 3.05) is 19.6 Å². The van der Waals surface area contributed by atoms with E-state index in [2.05, 4.69) is 12.2 Å². The second-order valence-corrected chi connectivity index (χ2v) is 5.07. The summed E-state index contributed by atoms with van der Waals surface area (Å²) in [6, 6.07) is 4.32. The molecule has 0 aromatic carbocycles. The second kappa shape index (κ2) is 5.46. The third kappa shape index (κ3) is 2.62. The Morgan fingerprint density at radius 3 is 3.25 bits per heavy atom. The molecule has 0 bridgehead atoms. The molecule has 1 fully saturated rings. The van der Waals surface area contributed by atoms with Gasteiger partial charge in [0.25, 0.3) is 5.91 Å². The van der Waals surface area contributed by atoms with Gasteiger partial charge in [0, 0.05) is 19.1 Å². The highest BCUT2D eigenvalue weighted by atomic mass is 32.1. The Hall–Kier alpha value is -0.870. The van der Waals surface area contributed by atoms with E-state index in [0.29, 0.717) is 6.04 Å². The summed E-state index contributed by atoms with van der Waals surface area (Å²) in [6.45, 7) is 4.84. The number of hydrogen-bond donors (Lipinski definition) is 1. The maximum atomic E-state index is 12.1. The molecule has 0 radical (unpaired) electrons. The van der Waals surface area contributed by atoms with Crippen LogP contribution in [-0.2, 0) is 0 Å². The van der Waals surface area contributed by atoms with Crippen LogP contribution in [0.1, 0.15) is 29.4 Å². The first-order valence-electron chi connectivity index (χ1n) is 5.87. The first-order chi connectivity index (χ1) is 7.81. The lowest BCUT2D eigenvalue weighted by Crippen LogP contribution is -2.47. The fraction of sp³-hybridized carbons (Fsp3) is 0.583. The summed E-state index contributed by atoms with van der Waals surface area (Å²) in [4.78, 5) is 15.0. The van der Waals surface area contributed by atoms with E-state index in [0.717, 1.165) is 30.9 Å². The molecule has 1 aromatic heterocycles. The lowest BCUT2D eigenvalue weighted by Gasteiger charge is -2.32. The van der Waals surface area contributed by atoms with Crippen molar-refractivity contribution in [2.45, 2.75) is 25.8 Å². The third-order valence-corrected chi connectivity index (χ3v) is 3.79. The number of thiophene rings is 1. The van der Waals surface area contributed by atoms with E-state index in [1.165, 1.54) is 17.8 Å². The zero-order chi connectivity index (χ0) is 11.4. The largest absolute Gasteiger partial charge is 0.336 e. The van der Waals surface area contributed by atoms with Crippen molar-refractivity contribution in [3.63, 3.8) is 0 Å². The highest BCUT2D eigenvalue weighted by Gasteiger charge is 2.24. The smallest absolute Gasteiger partial charge is 0.263 e. The van der Waals surface area contributed by atoms with Crippen LogP contribution in [0.15, 0.2) is 17.5 Å². The number of piperidine rings is 1. The SMILES string of the molecule is CCNC1CCCN(C(=O)c2cccs2)C1. The predicted molar refractivity (Wildman–Crippen MR) is 66.9 cm³/mol. The summed E-state index contributed by atoms with van der Waals surface area (Å²) in [5.74, 6) is 0.192. The van der Waals surface area contributed by atoms with Gasteiger partial charge in [0.05, 0.1) is 4.88 Å². The Kier molecular flexibility index (Phi) is 3.96. The Balaban J connectivity index is 1.96. The minimum atomic E-state index is 0.192. The molecular formula is C12H18N2OS. The van der Waals surface area contributed by atoms with Crippen molar-refractivity contribution in [2.24, 2.45) is 0 Å². The molecule has 1 aliphatic rings. The Morgan fingerprint density at radius 2 is 2.56 bits per heavy atom. The lowest BCUT2D eigenvalue weighted by molar-refractivity contribution is 0.0700. The summed E-state index contributed by atoms with van der Waals surface area (Å²) in [5.41, 5.74) is 0. The summed E-state index contributed by atoms with van der Waals surface area (Å²) in [6.07, 6.45) is 2.29. The molecule has 2 rings (SSSR count). The van der Waals surface area contributed by atoms with Crippen LogP contribution in [0.2, 0.25) is 0 Å². The number of rotatable bonds is 3. The van der Waals surface area contributed by atoms with E-state index in [-0.39, 0.29) is 5.91 Å². The molecule has 1 aromatic rings. The van der Waals surface area contributed by atoms with Gasteiger partial charge in [-0.25, -0.2) is 0 Å². The van der Waals surface area contributed by atoms with E-state index in [4.69, 9.17) is 0 Å². The van der Waals surface area contributed by atoms with Crippen molar-refractivity contribution in [1.29, 1.82) is 0 Å². The van der Waals surface area contributed by atoms with Crippen LogP contribution in [0.5, 0.6) is 0 Å². The Bertz CT molecular complexity index is 335. The number of amides is 1. The molecule has 1 aliphatic heterocycles. The molecule has 1 unspecified atom stereocenters. The minimum Gasteiger partial charge on any atom is -0.336 e.